The van der Waals surface area contributed by atoms with Gasteiger partial charge in [-0.25, -0.2) is 9.97 Å². The molecule has 2 heterocycles. The zero-order valence-corrected chi connectivity index (χ0v) is 7.66. The molecule has 4 nitrogen and oxygen atoms in total. The van der Waals surface area contributed by atoms with E-state index in [4.69, 9.17) is 4.74 Å². The standard InChI is InChI=1S/C9H13N3O/c1-7-11-4-8(5-12-7)9-6-10-2-3-13-9/h4-5,9-10H,2-3,6H2,1H3. The van der Waals surface area contributed by atoms with Crippen LogP contribution in [-0.4, -0.2) is 29.7 Å². The van der Waals surface area contributed by atoms with Crippen molar-refractivity contribution in [3.05, 3.63) is 23.8 Å². The number of hydrogen-bond donors (Lipinski definition) is 1. The van der Waals surface area contributed by atoms with E-state index in [0.717, 1.165) is 31.1 Å². The van der Waals surface area contributed by atoms with Crippen LogP contribution in [0.25, 0.3) is 0 Å². The minimum absolute atomic E-state index is 0.120. The predicted molar refractivity (Wildman–Crippen MR) is 48.3 cm³/mol. The van der Waals surface area contributed by atoms with E-state index in [1.165, 1.54) is 0 Å². The Balaban J connectivity index is 2.10. The number of aromatic nitrogens is 2. The molecule has 1 saturated heterocycles. The molecule has 0 aromatic carbocycles. The second-order valence-corrected chi connectivity index (χ2v) is 3.13. The van der Waals surface area contributed by atoms with Crippen molar-refractivity contribution in [3.63, 3.8) is 0 Å². The number of morpholine rings is 1. The van der Waals surface area contributed by atoms with E-state index in [9.17, 15) is 0 Å². The summed E-state index contributed by atoms with van der Waals surface area (Å²) in [6.45, 7) is 4.43. The Kier molecular flexibility index (Phi) is 2.52. The molecule has 1 atom stereocenters. The van der Waals surface area contributed by atoms with Crippen LogP contribution in [0.2, 0.25) is 0 Å². The fourth-order valence-electron chi connectivity index (χ4n) is 1.35. The molecule has 0 saturated carbocycles. The maximum absolute atomic E-state index is 5.56. The van der Waals surface area contributed by atoms with E-state index in [1.54, 1.807) is 0 Å². The number of ether oxygens (including phenoxy) is 1. The second kappa shape index (κ2) is 3.81. The Labute approximate surface area is 77.4 Å². The number of aryl methyl sites for hydroxylation is 1. The normalized spacial score (nSPS) is 23.0. The second-order valence-electron chi connectivity index (χ2n) is 3.13. The summed E-state index contributed by atoms with van der Waals surface area (Å²) in [6, 6.07) is 0. The maximum Gasteiger partial charge on any atom is 0.125 e. The Morgan fingerprint density at radius 3 is 2.85 bits per heavy atom. The van der Waals surface area contributed by atoms with Crippen LogP contribution in [0.4, 0.5) is 0 Å². The van der Waals surface area contributed by atoms with Crippen LogP contribution in [0.5, 0.6) is 0 Å². The Hall–Kier alpha value is -1.00. The van der Waals surface area contributed by atoms with E-state index in [1.807, 2.05) is 19.3 Å². The van der Waals surface area contributed by atoms with E-state index in [0.29, 0.717) is 0 Å². The summed E-state index contributed by atoms with van der Waals surface area (Å²) < 4.78 is 5.56. The van der Waals surface area contributed by atoms with Gasteiger partial charge >= 0.3 is 0 Å². The third kappa shape index (κ3) is 2.02. The van der Waals surface area contributed by atoms with Crippen molar-refractivity contribution >= 4 is 0 Å². The fourth-order valence-corrected chi connectivity index (χ4v) is 1.35. The largest absolute Gasteiger partial charge is 0.371 e. The topological polar surface area (TPSA) is 47.0 Å². The van der Waals surface area contributed by atoms with Gasteiger partial charge in [0.1, 0.15) is 5.82 Å². The van der Waals surface area contributed by atoms with E-state index in [2.05, 4.69) is 15.3 Å². The molecule has 0 aliphatic carbocycles. The average molecular weight is 179 g/mol. The Bertz CT molecular complexity index is 267. The lowest BCUT2D eigenvalue weighted by Gasteiger charge is -2.23. The van der Waals surface area contributed by atoms with E-state index in [-0.39, 0.29) is 6.10 Å². The average Bonchev–Trinajstić information content (AvgIpc) is 2.20. The van der Waals surface area contributed by atoms with E-state index < -0.39 is 0 Å². The molecule has 13 heavy (non-hydrogen) atoms. The van der Waals surface area contributed by atoms with Gasteiger partial charge in [0, 0.05) is 31.0 Å². The maximum atomic E-state index is 5.56. The predicted octanol–water partition coefficient (Wildman–Crippen LogP) is 0.446. The molecule has 0 spiro atoms. The lowest BCUT2D eigenvalue weighted by molar-refractivity contribution is 0.0272. The van der Waals surface area contributed by atoms with Crippen LogP contribution in [0.1, 0.15) is 17.5 Å². The zero-order valence-electron chi connectivity index (χ0n) is 7.66. The van der Waals surface area contributed by atoms with Gasteiger partial charge in [0.05, 0.1) is 12.7 Å². The molecule has 4 heteroatoms. The number of rotatable bonds is 1. The number of nitrogens with zero attached hydrogens (tertiary/aromatic N) is 2. The highest BCUT2D eigenvalue weighted by Gasteiger charge is 2.15. The fraction of sp³-hybridized carbons (Fsp3) is 0.556. The van der Waals surface area contributed by atoms with Crippen LogP contribution >= 0.6 is 0 Å². The van der Waals surface area contributed by atoms with Crippen molar-refractivity contribution < 1.29 is 4.74 Å². The van der Waals surface area contributed by atoms with Crippen LogP contribution in [0.15, 0.2) is 12.4 Å². The Morgan fingerprint density at radius 2 is 2.23 bits per heavy atom. The summed E-state index contributed by atoms with van der Waals surface area (Å²) in [4.78, 5) is 8.27. The summed E-state index contributed by atoms with van der Waals surface area (Å²) in [5, 5.41) is 3.27. The van der Waals surface area contributed by atoms with Gasteiger partial charge in [0.25, 0.3) is 0 Å². The van der Waals surface area contributed by atoms with Crippen molar-refractivity contribution in [2.24, 2.45) is 0 Å². The molecule has 1 unspecified atom stereocenters. The molecule has 1 aliphatic heterocycles. The summed E-state index contributed by atoms with van der Waals surface area (Å²) in [6.07, 6.45) is 3.79. The molecule has 0 bridgehead atoms. The van der Waals surface area contributed by atoms with Gasteiger partial charge < -0.3 is 10.1 Å². The number of nitrogens with one attached hydrogen (secondary N) is 1. The van der Waals surface area contributed by atoms with Crippen molar-refractivity contribution in [2.45, 2.75) is 13.0 Å². The smallest absolute Gasteiger partial charge is 0.125 e. The third-order valence-electron chi connectivity index (χ3n) is 2.10. The molecule has 2 rings (SSSR count). The lowest BCUT2D eigenvalue weighted by atomic mass is 10.2. The minimum atomic E-state index is 0.120. The molecule has 1 aromatic rings. The van der Waals surface area contributed by atoms with Gasteiger partial charge in [0.2, 0.25) is 0 Å². The van der Waals surface area contributed by atoms with Crippen molar-refractivity contribution in [1.29, 1.82) is 0 Å². The first-order valence-corrected chi connectivity index (χ1v) is 4.47. The van der Waals surface area contributed by atoms with Crippen LogP contribution in [-0.2, 0) is 4.74 Å². The summed E-state index contributed by atoms with van der Waals surface area (Å²) in [7, 11) is 0. The molecule has 0 amide bonds. The van der Waals surface area contributed by atoms with Crippen molar-refractivity contribution in [1.82, 2.24) is 15.3 Å². The SMILES string of the molecule is Cc1ncc(C2CNCCO2)cn1. The van der Waals surface area contributed by atoms with E-state index >= 15 is 0 Å². The summed E-state index contributed by atoms with van der Waals surface area (Å²) >= 11 is 0. The minimum Gasteiger partial charge on any atom is -0.371 e. The molecule has 1 N–H and O–H groups in total. The van der Waals surface area contributed by atoms with Gasteiger partial charge in [0.15, 0.2) is 0 Å². The first-order chi connectivity index (χ1) is 6.36. The van der Waals surface area contributed by atoms with Gasteiger partial charge in [-0.1, -0.05) is 0 Å². The molecule has 1 aromatic heterocycles. The van der Waals surface area contributed by atoms with Gasteiger partial charge in [-0.3, -0.25) is 0 Å². The quantitative estimate of drug-likeness (QED) is 0.679. The molecular weight excluding hydrogens is 166 g/mol. The lowest BCUT2D eigenvalue weighted by Crippen LogP contribution is -2.33. The highest BCUT2D eigenvalue weighted by molar-refractivity contribution is 5.09. The highest BCUT2D eigenvalue weighted by Crippen LogP contribution is 2.16. The zero-order chi connectivity index (χ0) is 9.10. The van der Waals surface area contributed by atoms with Gasteiger partial charge in [-0.2, -0.15) is 0 Å². The number of hydrogen-bond acceptors (Lipinski definition) is 4. The van der Waals surface area contributed by atoms with Crippen molar-refractivity contribution in [2.75, 3.05) is 19.7 Å². The van der Waals surface area contributed by atoms with Crippen LogP contribution in [0, 0.1) is 6.92 Å². The van der Waals surface area contributed by atoms with Crippen molar-refractivity contribution in [3.8, 4) is 0 Å². The highest BCUT2D eigenvalue weighted by atomic mass is 16.5. The first kappa shape index (κ1) is 8.59. The van der Waals surface area contributed by atoms with Crippen LogP contribution < -0.4 is 5.32 Å². The monoisotopic (exact) mass is 179 g/mol. The summed E-state index contributed by atoms with van der Waals surface area (Å²) in [5.74, 6) is 0.799. The molecule has 1 fully saturated rings. The van der Waals surface area contributed by atoms with Crippen LogP contribution in [0.3, 0.4) is 0 Å². The molecule has 1 aliphatic rings. The van der Waals surface area contributed by atoms with Gasteiger partial charge in [-0.15, -0.1) is 0 Å². The van der Waals surface area contributed by atoms with Gasteiger partial charge in [-0.05, 0) is 6.92 Å². The molecule has 0 radical (unpaired) electrons. The first-order valence-electron chi connectivity index (χ1n) is 4.47. The Morgan fingerprint density at radius 1 is 1.46 bits per heavy atom. The molecule has 70 valence electrons. The summed E-state index contributed by atoms with van der Waals surface area (Å²) in [5.41, 5.74) is 1.05. The third-order valence-corrected chi connectivity index (χ3v) is 2.10. The molecular formula is C9H13N3O.